The van der Waals surface area contributed by atoms with Crippen LogP contribution in [0.5, 0.6) is 0 Å². The molecule has 0 fully saturated rings. The molecule has 0 aromatic heterocycles. The highest BCUT2D eigenvalue weighted by molar-refractivity contribution is 7.90. The lowest BCUT2D eigenvalue weighted by Crippen LogP contribution is -2.45. The Bertz CT molecular complexity index is 989. The molecule has 0 aliphatic heterocycles. The number of hydrogen-bond donors (Lipinski definition) is 2. The topological polar surface area (TPSA) is 92.3 Å². The first-order valence-electron chi connectivity index (χ1n) is 8.68. The van der Waals surface area contributed by atoms with Crippen molar-refractivity contribution >= 4 is 38.9 Å². The fourth-order valence-electron chi connectivity index (χ4n) is 2.57. The maximum Gasteiger partial charge on any atom is 0.253 e. The molecule has 0 heterocycles. The number of carbonyl (C=O) groups is 2. The molecular formula is C20H23ClN2O4S. The molecule has 6 nitrogen and oxygen atoms in total. The first kappa shape index (κ1) is 21.9. The first-order valence-corrected chi connectivity index (χ1v) is 11.1. The van der Waals surface area contributed by atoms with Crippen LogP contribution in [0.4, 0.5) is 5.69 Å². The lowest BCUT2D eigenvalue weighted by atomic mass is 10.1. The summed E-state index contributed by atoms with van der Waals surface area (Å²) in [7, 11) is -3.31. The number of anilines is 1. The molecule has 8 heteroatoms. The SMILES string of the molecule is Cc1ccc(C)c(NC(=O)[C@@H](CCS(C)(=O)=O)NC(=O)c2ccccc2Cl)c1. The molecule has 150 valence electrons. The van der Waals surface area contributed by atoms with Gasteiger partial charge < -0.3 is 10.6 Å². The van der Waals surface area contributed by atoms with Gasteiger partial charge in [-0.25, -0.2) is 8.42 Å². The Hall–Kier alpha value is -2.38. The molecule has 2 amide bonds. The van der Waals surface area contributed by atoms with E-state index in [1.807, 2.05) is 32.0 Å². The molecule has 2 N–H and O–H groups in total. The van der Waals surface area contributed by atoms with Crippen molar-refractivity contribution in [3.8, 4) is 0 Å². The minimum absolute atomic E-state index is 0.0499. The number of amides is 2. The Labute approximate surface area is 170 Å². The zero-order chi connectivity index (χ0) is 20.9. The van der Waals surface area contributed by atoms with Crippen LogP contribution in [0, 0.1) is 13.8 Å². The van der Waals surface area contributed by atoms with E-state index in [9.17, 15) is 18.0 Å². The second-order valence-electron chi connectivity index (χ2n) is 6.73. The van der Waals surface area contributed by atoms with E-state index >= 15 is 0 Å². The van der Waals surface area contributed by atoms with Crippen molar-refractivity contribution in [3.05, 3.63) is 64.2 Å². The number of rotatable bonds is 7. The normalized spacial score (nSPS) is 12.3. The predicted octanol–water partition coefficient (Wildman–Crippen LogP) is 3.13. The fraction of sp³-hybridized carbons (Fsp3) is 0.300. The largest absolute Gasteiger partial charge is 0.340 e. The quantitative estimate of drug-likeness (QED) is 0.716. The highest BCUT2D eigenvalue weighted by Crippen LogP contribution is 2.18. The van der Waals surface area contributed by atoms with Gasteiger partial charge in [-0.05, 0) is 49.6 Å². The molecule has 0 aliphatic carbocycles. The van der Waals surface area contributed by atoms with E-state index < -0.39 is 27.7 Å². The molecule has 0 aliphatic rings. The van der Waals surface area contributed by atoms with Crippen molar-refractivity contribution in [1.29, 1.82) is 0 Å². The van der Waals surface area contributed by atoms with Crippen LogP contribution in [0.15, 0.2) is 42.5 Å². The van der Waals surface area contributed by atoms with E-state index in [-0.39, 0.29) is 22.8 Å². The number of carbonyl (C=O) groups excluding carboxylic acids is 2. The fourth-order valence-corrected chi connectivity index (χ4v) is 3.46. The summed E-state index contributed by atoms with van der Waals surface area (Å²) in [5.41, 5.74) is 2.65. The molecule has 0 saturated heterocycles. The standard InChI is InChI=1S/C20H23ClN2O4S/c1-13-8-9-14(2)18(12-13)23-20(25)17(10-11-28(3,26)27)22-19(24)15-6-4-5-7-16(15)21/h4-9,12,17H,10-11H2,1-3H3,(H,22,24)(H,23,25)/t17-/m1/s1. The minimum atomic E-state index is -3.31. The summed E-state index contributed by atoms with van der Waals surface area (Å²) in [6.07, 6.45) is 1.04. The van der Waals surface area contributed by atoms with E-state index in [0.717, 1.165) is 17.4 Å². The smallest absolute Gasteiger partial charge is 0.253 e. The minimum Gasteiger partial charge on any atom is -0.340 e. The molecule has 0 bridgehead atoms. The van der Waals surface area contributed by atoms with Crippen molar-refractivity contribution in [2.45, 2.75) is 26.3 Å². The van der Waals surface area contributed by atoms with Crippen LogP contribution in [0.1, 0.15) is 27.9 Å². The molecule has 0 saturated carbocycles. The summed E-state index contributed by atoms with van der Waals surface area (Å²) in [6, 6.07) is 11.0. The van der Waals surface area contributed by atoms with Crippen LogP contribution in [0.3, 0.4) is 0 Å². The van der Waals surface area contributed by atoms with Crippen molar-refractivity contribution < 1.29 is 18.0 Å². The lowest BCUT2D eigenvalue weighted by Gasteiger charge is -2.19. The van der Waals surface area contributed by atoms with Gasteiger partial charge in [0.15, 0.2) is 0 Å². The Balaban J connectivity index is 2.22. The zero-order valence-electron chi connectivity index (χ0n) is 16.0. The molecule has 2 rings (SSSR count). The van der Waals surface area contributed by atoms with Gasteiger partial charge in [0, 0.05) is 11.9 Å². The van der Waals surface area contributed by atoms with E-state index in [4.69, 9.17) is 11.6 Å². The monoisotopic (exact) mass is 422 g/mol. The number of sulfone groups is 1. The van der Waals surface area contributed by atoms with Crippen molar-refractivity contribution in [3.63, 3.8) is 0 Å². The second kappa shape index (κ2) is 9.21. The highest BCUT2D eigenvalue weighted by Gasteiger charge is 2.24. The van der Waals surface area contributed by atoms with Crippen molar-refractivity contribution in [1.82, 2.24) is 5.32 Å². The van der Waals surface area contributed by atoms with E-state index in [0.29, 0.717) is 5.69 Å². The van der Waals surface area contributed by atoms with E-state index in [1.165, 1.54) is 6.07 Å². The molecule has 0 unspecified atom stereocenters. The van der Waals surface area contributed by atoms with Crippen LogP contribution >= 0.6 is 11.6 Å². The Morgan fingerprint density at radius 2 is 1.79 bits per heavy atom. The number of nitrogens with one attached hydrogen (secondary N) is 2. The summed E-state index contributed by atoms with van der Waals surface area (Å²) in [4.78, 5) is 25.3. The summed E-state index contributed by atoms with van der Waals surface area (Å²) in [5, 5.41) is 5.63. The summed E-state index contributed by atoms with van der Waals surface area (Å²) in [6.45, 7) is 3.75. The van der Waals surface area contributed by atoms with Crippen LogP contribution in [-0.2, 0) is 14.6 Å². The average molecular weight is 423 g/mol. The average Bonchev–Trinajstić information content (AvgIpc) is 2.61. The van der Waals surface area contributed by atoms with Gasteiger partial charge in [-0.1, -0.05) is 35.9 Å². The first-order chi connectivity index (χ1) is 13.1. The van der Waals surface area contributed by atoms with Gasteiger partial charge in [-0.2, -0.15) is 0 Å². The number of halogens is 1. The lowest BCUT2D eigenvalue weighted by molar-refractivity contribution is -0.118. The summed E-state index contributed by atoms with van der Waals surface area (Å²) >= 11 is 6.04. The Morgan fingerprint density at radius 3 is 2.43 bits per heavy atom. The van der Waals surface area contributed by atoms with Gasteiger partial charge in [0.25, 0.3) is 5.91 Å². The van der Waals surface area contributed by atoms with Crippen LogP contribution in [-0.4, -0.2) is 38.3 Å². The molecule has 1 atom stereocenters. The highest BCUT2D eigenvalue weighted by atomic mass is 35.5. The number of hydrogen-bond acceptors (Lipinski definition) is 4. The molecule has 2 aromatic rings. The van der Waals surface area contributed by atoms with Gasteiger partial charge in [0.05, 0.1) is 16.3 Å². The second-order valence-corrected chi connectivity index (χ2v) is 9.40. The third-order valence-electron chi connectivity index (χ3n) is 4.17. The van der Waals surface area contributed by atoms with Gasteiger partial charge in [-0.3, -0.25) is 9.59 Å². The molecule has 0 spiro atoms. The van der Waals surface area contributed by atoms with Crippen LogP contribution in [0.2, 0.25) is 5.02 Å². The molecular weight excluding hydrogens is 400 g/mol. The van der Waals surface area contributed by atoms with E-state index in [1.54, 1.807) is 18.2 Å². The Morgan fingerprint density at radius 1 is 1.11 bits per heavy atom. The maximum atomic E-state index is 12.8. The van der Waals surface area contributed by atoms with Crippen LogP contribution < -0.4 is 10.6 Å². The summed E-state index contributed by atoms with van der Waals surface area (Å²) < 4.78 is 23.1. The third kappa shape index (κ3) is 6.35. The van der Waals surface area contributed by atoms with Gasteiger partial charge in [0.2, 0.25) is 5.91 Å². The van der Waals surface area contributed by atoms with Gasteiger partial charge >= 0.3 is 0 Å². The third-order valence-corrected chi connectivity index (χ3v) is 5.48. The Kier molecular flexibility index (Phi) is 7.21. The maximum absolute atomic E-state index is 12.8. The molecule has 0 radical (unpaired) electrons. The van der Waals surface area contributed by atoms with E-state index in [2.05, 4.69) is 10.6 Å². The van der Waals surface area contributed by atoms with Gasteiger partial charge in [-0.15, -0.1) is 0 Å². The zero-order valence-corrected chi connectivity index (χ0v) is 17.5. The van der Waals surface area contributed by atoms with Crippen LogP contribution in [0.25, 0.3) is 0 Å². The number of benzene rings is 2. The number of aryl methyl sites for hydroxylation is 2. The van der Waals surface area contributed by atoms with Gasteiger partial charge in [0.1, 0.15) is 15.9 Å². The predicted molar refractivity (Wildman–Crippen MR) is 112 cm³/mol. The van der Waals surface area contributed by atoms with Crippen molar-refractivity contribution in [2.24, 2.45) is 0 Å². The van der Waals surface area contributed by atoms with Crippen molar-refractivity contribution in [2.75, 3.05) is 17.3 Å². The summed E-state index contributed by atoms with van der Waals surface area (Å²) in [5.74, 6) is -1.27. The molecule has 28 heavy (non-hydrogen) atoms. The molecule has 2 aromatic carbocycles.